The van der Waals surface area contributed by atoms with Gasteiger partial charge in [0.1, 0.15) is 5.76 Å². The lowest BCUT2D eigenvalue weighted by molar-refractivity contribution is 0.152. The third-order valence-corrected chi connectivity index (χ3v) is 6.01. The summed E-state index contributed by atoms with van der Waals surface area (Å²) in [6, 6.07) is 4.29. The summed E-state index contributed by atoms with van der Waals surface area (Å²) in [5.41, 5.74) is 0. The molecule has 2 N–H and O–H groups in total. The van der Waals surface area contributed by atoms with Gasteiger partial charge >= 0.3 is 0 Å². The zero-order valence-electron chi connectivity index (χ0n) is 18.4. The molecular formula is C22H40N6O. The van der Waals surface area contributed by atoms with Gasteiger partial charge in [-0.1, -0.05) is 0 Å². The van der Waals surface area contributed by atoms with Crippen LogP contribution in [0.2, 0.25) is 0 Å². The molecule has 2 saturated heterocycles. The molecule has 1 aromatic heterocycles. The Morgan fingerprint density at radius 3 is 2.59 bits per heavy atom. The zero-order chi connectivity index (χ0) is 20.3. The van der Waals surface area contributed by atoms with E-state index in [4.69, 9.17) is 9.41 Å². The normalized spacial score (nSPS) is 20.8. The van der Waals surface area contributed by atoms with Crippen molar-refractivity contribution in [1.29, 1.82) is 0 Å². The average Bonchev–Trinajstić information content (AvgIpc) is 3.44. The van der Waals surface area contributed by atoms with E-state index in [0.29, 0.717) is 0 Å². The van der Waals surface area contributed by atoms with Gasteiger partial charge < -0.3 is 24.9 Å². The molecule has 0 radical (unpaired) electrons. The summed E-state index contributed by atoms with van der Waals surface area (Å²) in [5.74, 6) is 1.95. The molecule has 0 aliphatic carbocycles. The van der Waals surface area contributed by atoms with Crippen LogP contribution in [0.1, 0.15) is 44.4 Å². The van der Waals surface area contributed by atoms with Crippen LogP contribution in [-0.2, 0) is 0 Å². The number of aliphatic imine (C=N–C) groups is 1. The number of rotatable bonds is 10. The first-order chi connectivity index (χ1) is 14.3. The molecule has 0 spiro atoms. The maximum Gasteiger partial charge on any atom is 0.191 e. The Balaban J connectivity index is 1.42. The number of hydrogen-bond donors (Lipinski definition) is 2. The summed E-state index contributed by atoms with van der Waals surface area (Å²) in [6.45, 7) is 13.0. The smallest absolute Gasteiger partial charge is 0.191 e. The minimum atomic E-state index is 0.236. The minimum Gasteiger partial charge on any atom is -0.468 e. The number of unbranched alkanes of at least 4 members (excludes halogenated alkanes) is 1. The largest absolute Gasteiger partial charge is 0.468 e. The molecule has 2 fully saturated rings. The molecule has 2 aliphatic rings. The Labute approximate surface area is 176 Å². The number of nitrogens with one attached hydrogen (secondary N) is 2. The van der Waals surface area contributed by atoms with Crippen LogP contribution in [0.5, 0.6) is 0 Å². The van der Waals surface area contributed by atoms with E-state index in [1.54, 1.807) is 6.26 Å². The van der Waals surface area contributed by atoms with Gasteiger partial charge in [0.2, 0.25) is 0 Å². The summed E-state index contributed by atoms with van der Waals surface area (Å²) in [7, 11) is 2.21. The van der Waals surface area contributed by atoms with Crippen LogP contribution in [0.15, 0.2) is 27.8 Å². The highest BCUT2D eigenvalue weighted by atomic mass is 16.3. The fourth-order valence-electron chi connectivity index (χ4n) is 4.18. The van der Waals surface area contributed by atoms with E-state index in [1.165, 1.54) is 58.4 Å². The second-order valence-electron chi connectivity index (χ2n) is 8.27. The number of furan rings is 1. The van der Waals surface area contributed by atoms with Gasteiger partial charge in [0, 0.05) is 39.3 Å². The first kappa shape index (κ1) is 22.1. The summed E-state index contributed by atoms with van der Waals surface area (Å²) in [6.07, 6.45) is 6.72. The number of nitrogens with zero attached hydrogens (tertiary/aromatic N) is 4. The molecular weight excluding hydrogens is 364 g/mol. The lowest BCUT2D eigenvalue weighted by Crippen LogP contribution is -2.44. The van der Waals surface area contributed by atoms with E-state index in [2.05, 4.69) is 45.4 Å². The first-order valence-electron chi connectivity index (χ1n) is 11.5. The fraction of sp³-hybridized carbons (Fsp3) is 0.773. The van der Waals surface area contributed by atoms with Crippen molar-refractivity contribution >= 4 is 5.96 Å². The molecule has 0 bridgehead atoms. The monoisotopic (exact) mass is 404 g/mol. The van der Waals surface area contributed by atoms with Crippen molar-refractivity contribution in [2.45, 2.75) is 38.6 Å². The fourth-order valence-corrected chi connectivity index (χ4v) is 4.18. The number of hydrogen-bond acceptors (Lipinski definition) is 5. The third-order valence-electron chi connectivity index (χ3n) is 6.01. The topological polar surface area (TPSA) is 59.3 Å². The molecule has 2 aliphatic heterocycles. The number of likely N-dealkylation sites (tertiary alicyclic amines) is 1. The Morgan fingerprint density at radius 1 is 1.10 bits per heavy atom. The van der Waals surface area contributed by atoms with Crippen LogP contribution in [0.25, 0.3) is 0 Å². The predicted molar refractivity (Wildman–Crippen MR) is 119 cm³/mol. The van der Waals surface area contributed by atoms with Crippen LogP contribution in [0.3, 0.4) is 0 Å². The van der Waals surface area contributed by atoms with Gasteiger partial charge in [-0.15, -0.1) is 0 Å². The standard InChI is InChI=1S/C22H40N6O/c1-3-23-22(24-10-4-5-11-27-16-14-26(2)15-17-27)25-19-20(21-9-8-18-29-21)28-12-6-7-13-28/h8-9,18,20H,3-7,10-17,19H2,1-2H3,(H2,23,24,25). The molecule has 0 amide bonds. The lowest BCUT2D eigenvalue weighted by atomic mass is 10.2. The molecule has 29 heavy (non-hydrogen) atoms. The highest BCUT2D eigenvalue weighted by Crippen LogP contribution is 2.25. The van der Waals surface area contributed by atoms with Crippen LogP contribution >= 0.6 is 0 Å². The van der Waals surface area contributed by atoms with E-state index in [-0.39, 0.29) is 6.04 Å². The molecule has 1 atom stereocenters. The van der Waals surface area contributed by atoms with E-state index >= 15 is 0 Å². The van der Waals surface area contributed by atoms with Crippen molar-refractivity contribution in [3.63, 3.8) is 0 Å². The summed E-state index contributed by atoms with van der Waals surface area (Å²) >= 11 is 0. The number of piperazine rings is 1. The molecule has 1 aromatic rings. The van der Waals surface area contributed by atoms with Crippen LogP contribution in [0.4, 0.5) is 0 Å². The van der Waals surface area contributed by atoms with Crippen LogP contribution in [-0.4, -0.2) is 93.2 Å². The van der Waals surface area contributed by atoms with Gasteiger partial charge in [-0.25, -0.2) is 0 Å². The van der Waals surface area contributed by atoms with E-state index in [0.717, 1.165) is 44.4 Å². The van der Waals surface area contributed by atoms with E-state index in [1.807, 2.05) is 6.07 Å². The average molecular weight is 405 g/mol. The maximum atomic E-state index is 5.72. The highest BCUT2D eigenvalue weighted by Gasteiger charge is 2.25. The Kier molecular flexibility index (Phi) is 9.31. The van der Waals surface area contributed by atoms with Crippen LogP contribution < -0.4 is 10.6 Å². The van der Waals surface area contributed by atoms with Crippen molar-refractivity contribution < 1.29 is 4.42 Å². The molecule has 0 aromatic carbocycles. The Morgan fingerprint density at radius 2 is 1.90 bits per heavy atom. The Bertz CT molecular complexity index is 576. The summed E-state index contributed by atoms with van der Waals surface area (Å²) in [5, 5.41) is 6.91. The SMILES string of the molecule is CCNC(=NCC(c1ccco1)N1CCCC1)NCCCCN1CCN(C)CC1. The molecule has 3 heterocycles. The van der Waals surface area contributed by atoms with Crippen molar-refractivity contribution in [3.05, 3.63) is 24.2 Å². The van der Waals surface area contributed by atoms with Crippen LogP contribution in [0, 0.1) is 0 Å². The zero-order valence-corrected chi connectivity index (χ0v) is 18.4. The third kappa shape index (κ3) is 7.32. The van der Waals surface area contributed by atoms with E-state index < -0.39 is 0 Å². The van der Waals surface area contributed by atoms with Gasteiger partial charge in [-0.2, -0.15) is 0 Å². The Hall–Kier alpha value is -1.57. The van der Waals surface area contributed by atoms with Gasteiger partial charge in [-0.3, -0.25) is 9.89 Å². The molecule has 1 unspecified atom stereocenters. The first-order valence-corrected chi connectivity index (χ1v) is 11.5. The van der Waals surface area contributed by atoms with Crippen molar-refractivity contribution in [2.75, 3.05) is 72.5 Å². The van der Waals surface area contributed by atoms with E-state index in [9.17, 15) is 0 Å². The van der Waals surface area contributed by atoms with Gasteiger partial charge in [0.05, 0.1) is 18.8 Å². The number of likely N-dealkylation sites (N-methyl/N-ethyl adjacent to an activating group) is 1. The summed E-state index contributed by atoms with van der Waals surface area (Å²) < 4.78 is 5.72. The quantitative estimate of drug-likeness (QED) is 0.353. The second-order valence-corrected chi connectivity index (χ2v) is 8.27. The lowest BCUT2D eigenvalue weighted by Gasteiger charge is -2.32. The van der Waals surface area contributed by atoms with Gasteiger partial charge in [-0.05, 0) is 71.4 Å². The minimum absolute atomic E-state index is 0.236. The molecule has 3 rings (SSSR count). The molecule has 7 nitrogen and oxygen atoms in total. The molecule has 7 heteroatoms. The number of guanidine groups is 1. The molecule has 164 valence electrons. The molecule has 0 saturated carbocycles. The highest BCUT2D eigenvalue weighted by molar-refractivity contribution is 5.79. The predicted octanol–water partition coefficient (Wildman–Crippen LogP) is 2.00. The maximum absolute atomic E-state index is 5.72. The van der Waals surface area contributed by atoms with Crippen molar-refractivity contribution in [1.82, 2.24) is 25.3 Å². The van der Waals surface area contributed by atoms with Crippen molar-refractivity contribution in [3.8, 4) is 0 Å². The second kappa shape index (κ2) is 12.2. The summed E-state index contributed by atoms with van der Waals surface area (Å²) in [4.78, 5) is 12.4. The van der Waals surface area contributed by atoms with Gasteiger partial charge in [0.25, 0.3) is 0 Å². The van der Waals surface area contributed by atoms with Gasteiger partial charge in [0.15, 0.2) is 5.96 Å². The van der Waals surface area contributed by atoms with Crippen molar-refractivity contribution in [2.24, 2.45) is 4.99 Å².